The van der Waals surface area contributed by atoms with Crippen LogP contribution in [-0.2, 0) is 4.79 Å². The van der Waals surface area contributed by atoms with E-state index in [9.17, 15) is 14.7 Å². The van der Waals surface area contributed by atoms with E-state index in [1.54, 1.807) is 0 Å². The number of esters is 1. The van der Waals surface area contributed by atoms with Gasteiger partial charge in [-0.3, -0.25) is 4.79 Å². The minimum atomic E-state index is -1.25. The molecule has 0 aliphatic heterocycles. The van der Waals surface area contributed by atoms with E-state index in [0.717, 1.165) is 18.9 Å². The molecule has 0 spiro atoms. The van der Waals surface area contributed by atoms with Gasteiger partial charge < -0.3 is 20.7 Å². The van der Waals surface area contributed by atoms with E-state index >= 15 is 0 Å². The number of carbonyl (C=O) groups is 2. The monoisotopic (exact) mass is 329 g/mol. The van der Waals surface area contributed by atoms with Crippen molar-refractivity contribution in [3.05, 3.63) is 23.8 Å². The molecule has 0 amide bonds. The third kappa shape index (κ3) is 4.35. The Labute approximate surface area is 134 Å². The number of aromatic carboxylic acids is 1. The van der Waals surface area contributed by atoms with Gasteiger partial charge in [0.25, 0.3) is 0 Å². The maximum atomic E-state index is 12.1. The fourth-order valence-corrected chi connectivity index (χ4v) is 2.60. The highest BCUT2D eigenvalue weighted by atomic mass is 35.5. The first-order chi connectivity index (χ1) is 10.0. The number of nitrogens with two attached hydrogens (primary N) is 1. The summed E-state index contributed by atoms with van der Waals surface area (Å²) in [4.78, 5) is 23.2. The zero-order chi connectivity index (χ0) is 15.4. The van der Waals surface area contributed by atoms with E-state index in [4.69, 9.17) is 15.6 Å². The van der Waals surface area contributed by atoms with E-state index in [0.29, 0.717) is 25.3 Å². The lowest BCUT2D eigenvalue weighted by Crippen LogP contribution is -2.28. The number of phenolic OH excluding ortho intramolecular Hbond substituents is 1. The number of ether oxygens (including phenoxy) is 1. The second-order valence-corrected chi connectivity index (χ2v) is 5.36. The molecule has 0 aromatic heterocycles. The third-order valence-corrected chi connectivity index (χ3v) is 3.92. The van der Waals surface area contributed by atoms with Crippen LogP contribution < -0.4 is 10.5 Å². The van der Waals surface area contributed by atoms with Crippen LogP contribution in [-0.4, -0.2) is 28.7 Å². The number of rotatable bonds is 4. The number of carboxylic acids is 1. The molecule has 7 heteroatoms. The van der Waals surface area contributed by atoms with Crippen LogP contribution in [0.1, 0.15) is 36.0 Å². The Morgan fingerprint density at radius 2 is 1.86 bits per heavy atom. The molecule has 0 heterocycles. The fraction of sp³-hybridized carbons (Fsp3) is 0.467. The van der Waals surface area contributed by atoms with Crippen LogP contribution >= 0.6 is 12.4 Å². The van der Waals surface area contributed by atoms with Gasteiger partial charge in [0.2, 0.25) is 0 Å². The van der Waals surface area contributed by atoms with Gasteiger partial charge in [-0.05, 0) is 56.3 Å². The van der Waals surface area contributed by atoms with Crippen molar-refractivity contribution in [1.82, 2.24) is 0 Å². The maximum absolute atomic E-state index is 12.1. The lowest BCUT2D eigenvalue weighted by Gasteiger charge is -2.26. The van der Waals surface area contributed by atoms with Crippen LogP contribution in [0.2, 0.25) is 0 Å². The minimum absolute atomic E-state index is 0. The third-order valence-electron chi connectivity index (χ3n) is 3.92. The molecule has 4 N–H and O–H groups in total. The Morgan fingerprint density at radius 1 is 1.23 bits per heavy atom. The molecule has 0 bridgehead atoms. The Bertz CT molecular complexity index is 541. The number of carbonyl (C=O) groups excluding carboxylic acids is 1. The Balaban J connectivity index is 0.00000242. The van der Waals surface area contributed by atoms with Gasteiger partial charge in [0.1, 0.15) is 17.1 Å². The van der Waals surface area contributed by atoms with Crippen molar-refractivity contribution in [3.63, 3.8) is 0 Å². The highest BCUT2D eigenvalue weighted by Gasteiger charge is 2.28. The first-order valence-electron chi connectivity index (χ1n) is 6.99. The minimum Gasteiger partial charge on any atom is -0.508 e. The van der Waals surface area contributed by atoms with E-state index in [1.165, 1.54) is 12.1 Å². The molecule has 0 radical (unpaired) electrons. The van der Waals surface area contributed by atoms with Crippen molar-refractivity contribution in [2.45, 2.75) is 25.7 Å². The van der Waals surface area contributed by atoms with Crippen LogP contribution in [0.15, 0.2) is 18.2 Å². The van der Waals surface area contributed by atoms with Gasteiger partial charge in [-0.2, -0.15) is 0 Å². The number of halogens is 1. The smallest absolute Gasteiger partial charge is 0.339 e. The molecular formula is C15H20ClNO5. The van der Waals surface area contributed by atoms with E-state index in [-0.39, 0.29) is 35.4 Å². The molecule has 22 heavy (non-hydrogen) atoms. The highest BCUT2D eigenvalue weighted by Crippen LogP contribution is 2.30. The van der Waals surface area contributed by atoms with E-state index in [1.807, 2.05) is 0 Å². The summed E-state index contributed by atoms with van der Waals surface area (Å²) in [6, 6.07) is 3.65. The molecule has 6 nitrogen and oxygen atoms in total. The highest BCUT2D eigenvalue weighted by molar-refractivity contribution is 5.92. The maximum Gasteiger partial charge on any atom is 0.339 e. The second kappa shape index (κ2) is 8.00. The summed E-state index contributed by atoms with van der Waals surface area (Å²) >= 11 is 0. The molecule has 0 saturated heterocycles. The van der Waals surface area contributed by atoms with Crippen LogP contribution in [0.25, 0.3) is 0 Å². The lowest BCUT2D eigenvalue weighted by atomic mass is 9.82. The summed E-state index contributed by atoms with van der Waals surface area (Å²) in [5, 5.41) is 18.4. The first kappa shape index (κ1) is 18.3. The zero-order valence-electron chi connectivity index (χ0n) is 12.0. The second-order valence-electron chi connectivity index (χ2n) is 5.36. The van der Waals surface area contributed by atoms with Crippen LogP contribution in [0, 0.1) is 11.8 Å². The SMILES string of the molecule is Cl.NCC1CCC(C(=O)Oc2ccc(O)cc2C(=O)O)CC1. The molecular weight excluding hydrogens is 310 g/mol. The molecule has 0 unspecified atom stereocenters. The Kier molecular flexibility index (Phi) is 6.64. The number of carboxylic acid groups (broad SMARTS) is 1. The van der Waals surface area contributed by atoms with Crippen molar-refractivity contribution < 1.29 is 24.5 Å². The molecule has 1 fully saturated rings. The van der Waals surface area contributed by atoms with Crippen LogP contribution in [0.3, 0.4) is 0 Å². The van der Waals surface area contributed by atoms with Crippen LogP contribution in [0.5, 0.6) is 11.5 Å². The van der Waals surface area contributed by atoms with Crippen molar-refractivity contribution >= 4 is 24.3 Å². The quantitative estimate of drug-likeness (QED) is 0.577. The number of aromatic hydroxyl groups is 1. The van der Waals surface area contributed by atoms with Crippen molar-refractivity contribution in [2.75, 3.05) is 6.54 Å². The van der Waals surface area contributed by atoms with Gasteiger partial charge in [0.15, 0.2) is 0 Å². The van der Waals surface area contributed by atoms with Crippen molar-refractivity contribution in [1.29, 1.82) is 0 Å². The Morgan fingerprint density at radius 3 is 2.41 bits per heavy atom. The van der Waals surface area contributed by atoms with Gasteiger partial charge in [0.05, 0.1) is 5.92 Å². The summed E-state index contributed by atoms with van der Waals surface area (Å²) in [5.41, 5.74) is 5.39. The van der Waals surface area contributed by atoms with Gasteiger partial charge in [-0.15, -0.1) is 12.4 Å². The summed E-state index contributed by atoms with van der Waals surface area (Å²) < 4.78 is 5.21. The standard InChI is InChI=1S/C15H19NO5.ClH/c16-8-9-1-3-10(4-2-9)15(20)21-13-6-5-11(17)7-12(13)14(18)19;/h5-7,9-10,17H,1-4,8,16H2,(H,18,19);1H. The normalized spacial score (nSPS) is 20.8. The summed E-state index contributed by atoms with van der Waals surface area (Å²) in [6.45, 7) is 0.628. The number of hydrogen-bond acceptors (Lipinski definition) is 5. The Hall–Kier alpha value is -1.79. The molecule has 0 atom stereocenters. The summed E-state index contributed by atoms with van der Waals surface area (Å²) in [6.07, 6.45) is 3.19. The molecule has 1 saturated carbocycles. The molecule has 2 rings (SSSR count). The van der Waals surface area contributed by atoms with Gasteiger partial charge in [0, 0.05) is 0 Å². The summed E-state index contributed by atoms with van der Waals surface area (Å²) in [7, 11) is 0. The molecule has 122 valence electrons. The van der Waals surface area contributed by atoms with Gasteiger partial charge in [-0.25, -0.2) is 4.79 Å². The van der Waals surface area contributed by atoms with Crippen molar-refractivity contribution in [3.8, 4) is 11.5 Å². The average Bonchev–Trinajstić information content (AvgIpc) is 2.49. The fourth-order valence-electron chi connectivity index (χ4n) is 2.60. The number of phenols is 1. The van der Waals surface area contributed by atoms with Crippen molar-refractivity contribution in [2.24, 2.45) is 17.6 Å². The first-order valence-corrected chi connectivity index (χ1v) is 6.99. The summed E-state index contributed by atoms with van der Waals surface area (Å²) in [5.74, 6) is -1.65. The molecule has 1 aliphatic rings. The largest absolute Gasteiger partial charge is 0.508 e. The number of hydrogen-bond donors (Lipinski definition) is 3. The predicted molar refractivity (Wildman–Crippen MR) is 82.5 cm³/mol. The number of benzene rings is 1. The predicted octanol–water partition coefficient (Wildman–Crippen LogP) is 2.18. The van der Waals surface area contributed by atoms with Crippen LogP contribution in [0.4, 0.5) is 0 Å². The van der Waals surface area contributed by atoms with Gasteiger partial charge in [-0.1, -0.05) is 0 Å². The average molecular weight is 330 g/mol. The van der Waals surface area contributed by atoms with E-state index < -0.39 is 11.9 Å². The zero-order valence-corrected chi connectivity index (χ0v) is 12.8. The van der Waals surface area contributed by atoms with E-state index in [2.05, 4.69) is 0 Å². The molecule has 1 aliphatic carbocycles. The molecule has 1 aromatic rings. The lowest BCUT2D eigenvalue weighted by molar-refractivity contribution is -0.140. The molecule has 1 aromatic carbocycles. The topological polar surface area (TPSA) is 110 Å². The van der Waals surface area contributed by atoms with Gasteiger partial charge >= 0.3 is 11.9 Å².